The predicted octanol–water partition coefficient (Wildman–Crippen LogP) is 3.74. The summed E-state index contributed by atoms with van der Waals surface area (Å²) in [5.41, 5.74) is 9.45. The van der Waals surface area contributed by atoms with E-state index in [4.69, 9.17) is 33.7 Å². The van der Waals surface area contributed by atoms with Crippen molar-refractivity contribution in [2.75, 3.05) is 0 Å². The molecule has 0 bridgehead atoms. The number of nitrogens with zero attached hydrogens (tertiary/aromatic N) is 1. The minimum Gasteiger partial charge on any atom is -0.486 e. The number of hydrogen-bond acceptors (Lipinski definition) is 3. The summed E-state index contributed by atoms with van der Waals surface area (Å²) < 4.78 is 5.69. The van der Waals surface area contributed by atoms with E-state index in [0.29, 0.717) is 28.0 Å². The average molecular weight is 354 g/mol. The number of nitrogens with one attached hydrogen (secondary N) is 1. The van der Waals surface area contributed by atoms with Crippen molar-refractivity contribution in [3.8, 4) is 5.75 Å². The Morgan fingerprint density at radius 1 is 1.23 bits per heavy atom. The second kappa shape index (κ2) is 7.98. The minimum atomic E-state index is 0.0799. The lowest BCUT2D eigenvalue weighted by Crippen LogP contribution is -2.23. The highest BCUT2D eigenvalue weighted by atomic mass is 35.5. The van der Waals surface area contributed by atoms with Crippen molar-refractivity contribution in [2.24, 2.45) is 10.8 Å². The fourth-order valence-electron chi connectivity index (χ4n) is 1.69. The van der Waals surface area contributed by atoms with Gasteiger partial charge in [0.1, 0.15) is 6.61 Å². The van der Waals surface area contributed by atoms with E-state index in [0.717, 1.165) is 5.56 Å². The van der Waals surface area contributed by atoms with Gasteiger partial charge in [-0.3, -0.25) is 5.43 Å². The highest BCUT2D eigenvalue weighted by molar-refractivity contribution is 7.80. The Balaban J connectivity index is 2.09. The molecule has 4 nitrogen and oxygen atoms in total. The first-order valence-corrected chi connectivity index (χ1v) is 7.47. The van der Waals surface area contributed by atoms with Crippen LogP contribution in [-0.4, -0.2) is 11.3 Å². The van der Waals surface area contributed by atoms with Gasteiger partial charge in [-0.15, -0.1) is 0 Å². The molecule has 0 aromatic heterocycles. The van der Waals surface area contributed by atoms with Crippen LogP contribution in [-0.2, 0) is 6.61 Å². The van der Waals surface area contributed by atoms with E-state index >= 15 is 0 Å². The highest BCUT2D eigenvalue weighted by Crippen LogP contribution is 2.34. The predicted molar refractivity (Wildman–Crippen MR) is 94.8 cm³/mol. The Bertz CT molecular complexity index is 669. The Morgan fingerprint density at radius 2 is 1.86 bits per heavy atom. The number of thiocarbonyl (C=S) groups is 1. The summed E-state index contributed by atoms with van der Waals surface area (Å²) in [6.45, 7) is 0.386. The number of nitrogens with two attached hydrogens (primary N) is 1. The summed E-state index contributed by atoms with van der Waals surface area (Å²) in [5.74, 6) is 0.437. The zero-order valence-electron chi connectivity index (χ0n) is 11.4. The van der Waals surface area contributed by atoms with Crippen molar-refractivity contribution >= 4 is 46.7 Å². The molecule has 0 amide bonds. The maximum absolute atomic E-state index is 6.20. The van der Waals surface area contributed by atoms with Crippen LogP contribution in [0.15, 0.2) is 47.6 Å². The second-order valence-electron chi connectivity index (χ2n) is 4.32. The second-order valence-corrected chi connectivity index (χ2v) is 5.58. The third-order valence-electron chi connectivity index (χ3n) is 2.63. The maximum atomic E-state index is 6.20. The van der Waals surface area contributed by atoms with E-state index in [1.54, 1.807) is 12.1 Å². The molecule has 0 aliphatic rings. The largest absolute Gasteiger partial charge is 0.486 e. The van der Waals surface area contributed by atoms with Crippen molar-refractivity contribution in [3.63, 3.8) is 0 Å². The molecule has 2 aromatic rings. The van der Waals surface area contributed by atoms with Crippen LogP contribution in [0.3, 0.4) is 0 Å². The molecular formula is C15H13Cl2N3OS. The highest BCUT2D eigenvalue weighted by Gasteiger charge is 2.09. The molecule has 0 radical (unpaired) electrons. The molecule has 0 saturated heterocycles. The summed E-state index contributed by atoms with van der Waals surface area (Å²) in [6, 6.07) is 13.1. The Labute approximate surface area is 143 Å². The SMILES string of the molecule is NC(=S)NN=Cc1cc(Cl)c(OCc2ccccc2)c(Cl)c1. The van der Waals surface area contributed by atoms with Gasteiger partial charge in [-0.05, 0) is 35.5 Å². The summed E-state index contributed by atoms with van der Waals surface area (Å²) >= 11 is 17.0. The third kappa shape index (κ3) is 4.87. The Hall–Kier alpha value is -1.82. The van der Waals surface area contributed by atoms with Crippen molar-refractivity contribution in [2.45, 2.75) is 6.61 Å². The lowest BCUT2D eigenvalue weighted by molar-refractivity contribution is 0.306. The number of rotatable bonds is 5. The standard InChI is InChI=1S/C15H13Cl2N3OS/c16-12-6-11(8-19-20-15(18)22)7-13(17)14(12)21-9-10-4-2-1-3-5-10/h1-8H,9H2,(H3,18,20,22). The van der Waals surface area contributed by atoms with Crippen LogP contribution >= 0.6 is 35.4 Å². The van der Waals surface area contributed by atoms with Gasteiger partial charge < -0.3 is 10.5 Å². The fraction of sp³-hybridized carbons (Fsp3) is 0.0667. The summed E-state index contributed by atoms with van der Waals surface area (Å²) in [6.07, 6.45) is 1.51. The van der Waals surface area contributed by atoms with E-state index < -0.39 is 0 Å². The van der Waals surface area contributed by atoms with Crippen LogP contribution in [0.1, 0.15) is 11.1 Å². The van der Waals surface area contributed by atoms with Crippen LogP contribution in [0.5, 0.6) is 5.75 Å². The molecule has 0 saturated carbocycles. The number of hydrogen-bond donors (Lipinski definition) is 2. The molecule has 0 atom stereocenters. The summed E-state index contributed by atoms with van der Waals surface area (Å²) in [5, 5.41) is 4.73. The quantitative estimate of drug-likeness (QED) is 0.488. The molecule has 22 heavy (non-hydrogen) atoms. The molecule has 114 valence electrons. The number of halogens is 2. The van der Waals surface area contributed by atoms with E-state index in [1.807, 2.05) is 30.3 Å². The molecule has 0 aliphatic heterocycles. The van der Waals surface area contributed by atoms with Gasteiger partial charge in [0, 0.05) is 0 Å². The first-order chi connectivity index (χ1) is 10.6. The molecule has 0 heterocycles. The number of benzene rings is 2. The minimum absolute atomic E-state index is 0.0799. The molecular weight excluding hydrogens is 341 g/mol. The van der Waals surface area contributed by atoms with Gasteiger partial charge in [-0.2, -0.15) is 5.10 Å². The van der Waals surface area contributed by atoms with Gasteiger partial charge in [0.2, 0.25) is 0 Å². The zero-order valence-corrected chi connectivity index (χ0v) is 13.8. The topological polar surface area (TPSA) is 59.6 Å². The summed E-state index contributed by atoms with van der Waals surface area (Å²) in [4.78, 5) is 0. The van der Waals surface area contributed by atoms with Gasteiger partial charge in [0.25, 0.3) is 0 Å². The van der Waals surface area contributed by atoms with Gasteiger partial charge in [-0.25, -0.2) is 0 Å². The Morgan fingerprint density at radius 3 is 2.45 bits per heavy atom. The van der Waals surface area contributed by atoms with Gasteiger partial charge >= 0.3 is 0 Å². The molecule has 0 unspecified atom stereocenters. The molecule has 0 aliphatic carbocycles. The van der Waals surface area contributed by atoms with Crippen molar-refractivity contribution < 1.29 is 4.74 Å². The maximum Gasteiger partial charge on any atom is 0.184 e. The molecule has 0 spiro atoms. The van der Waals surface area contributed by atoms with Crippen LogP contribution in [0.25, 0.3) is 0 Å². The van der Waals surface area contributed by atoms with Crippen LogP contribution < -0.4 is 15.9 Å². The van der Waals surface area contributed by atoms with Crippen LogP contribution in [0, 0.1) is 0 Å². The van der Waals surface area contributed by atoms with Crippen LogP contribution in [0.4, 0.5) is 0 Å². The summed E-state index contributed by atoms with van der Waals surface area (Å²) in [7, 11) is 0. The van der Waals surface area contributed by atoms with E-state index in [1.165, 1.54) is 6.21 Å². The first kappa shape index (κ1) is 16.5. The smallest absolute Gasteiger partial charge is 0.184 e. The van der Waals surface area contributed by atoms with Crippen LogP contribution in [0.2, 0.25) is 10.0 Å². The van der Waals surface area contributed by atoms with Crippen molar-refractivity contribution in [3.05, 3.63) is 63.6 Å². The van der Waals surface area contributed by atoms with E-state index in [9.17, 15) is 0 Å². The number of hydrazone groups is 1. The average Bonchev–Trinajstić information content (AvgIpc) is 2.47. The fourth-order valence-corrected chi connectivity index (χ4v) is 2.36. The van der Waals surface area contributed by atoms with Crippen molar-refractivity contribution in [1.82, 2.24) is 5.43 Å². The first-order valence-electron chi connectivity index (χ1n) is 6.30. The normalized spacial score (nSPS) is 10.6. The van der Waals surface area contributed by atoms with E-state index in [2.05, 4.69) is 22.7 Å². The van der Waals surface area contributed by atoms with Gasteiger partial charge in [0.15, 0.2) is 10.9 Å². The number of ether oxygens (including phenoxy) is 1. The molecule has 7 heteroatoms. The monoisotopic (exact) mass is 353 g/mol. The molecule has 3 N–H and O–H groups in total. The Kier molecular flexibility index (Phi) is 6.00. The van der Waals surface area contributed by atoms with Gasteiger partial charge in [0.05, 0.1) is 16.3 Å². The lowest BCUT2D eigenvalue weighted by atomic mass is 10.2. The van der Waals surface area contributed by atoms with E-state index in [-0.39, 0.29) is 5.11 Å². The van der Waals surface area contributed by atoms with Crippen molar-refractivity contribution in [1.29, 1.82) is 0 Å². The molecule has 2 rings (SSSR count). The molecule has 2 aromatic carbocycles. The van der Waals surface area contributed by atoms with Gasteiger partial charge in [-0.1, -0.05) is 53.5 Å². The zero-order chi connectivity index (χ0) is 15.9. The lowest BCUT2D eigenvalue weighted by Gasteiger charge is -2.10. The molecule has 0 fully saturated rings. The third-order valence-corrected chi connectivity index (χ3v) is 3.29.